The SMILES string of the molecule is CCC(C#N)SCC(NC(=O)OC(C)(C)C)C(=O)O. The van der Waals surface area contributed by atoms with Gasteiger partial charge in [0.2, 0.25) is 0 Å². The number of hydrogen-bond donors (Lipinski definition) is 2. The number of rotatable bonds is 6. The fourth-order valence-corrected chi connectivity index (χ4v) is 2.04. The third kappa shape index (κ3) is 8.32. The number of amides is 1. The zero-order valence-corrected chi connectivity index (χ0v) is 12.4. The van der Waals surface area contributed by atoms with E-state index in [0.717, 1.165) is 0 Å². The first-order valence-corrected chi connectivity index (χ1v) is 6.98. The zero-order chi connectivity index (χ0) is 15.1. The first kappa shape index (κ1) is 17.6. The molecular formula is C12H20N2O4S. The normalized spacial score (nSPS) is 14.1. The summed E-state index contributed by atoms with van der Waals surface area (Å²) in [4.78, 5) is 22.5. The van der Waals surface area contributed by atoms with E-state index in [-0.39, 0.29) is 11.0 Å². The summed E-state index contributed by atoms with van der Waals surface area (Å²) in [5.41, 5.74) is -0.682. The Balaban J connectivity index is 4.39. The quantitative estimate of drug-likeness (QED) is 0.775. The van der Waals surface area contributed by atoms with Gasteiger partial charge in [0, 0.05) is 5.75 Å². The number of ether oxygens (including phenoxy) is 1. The van der Waals surface area contributed by atoms with Crippen molar-refractivity contribution in [1.82, 2.24) is 5.32 Å². The summed E-state index contributed by atoms with van der Waals surface area (Å²) in [6.45, 7) is 6.93. The van der Waals surface area contributed by atoms with E-state index in [1.807, 2.05) is 6.92 Å². The smallest absolute Gasteiger partial charge is 0.408 e. The Morgan fingerprint density at radius 1 is 1.47 bits per heavy atom. The molecule has 0 saturated carbocycles. The van der Waals surface area contributed by atoms with Gasteiger partial charge in [-0.05, 0) is 27.2 Å². The molecule has 0 aromatic carbocycles. The lowest BCUT2D eigenvalue weighted by Crippen LogP contribution is -2.45. The van der Waals surface area contributed by atoms with Gasteiger partial charge in [0.25, 0.3) is 0 Å². The summed E-state index contributed by atoms with van der Waals surface area (Å²) in [5, 5.41) is 19.8. The van der Waals surface area contributed by atoms with Crippen LogP contribution in [0.25, 0.3) is 0 Å². The third-order valence-corrected chi connectivity index (χ3v) is 3.33. The van der Waals surface area contributed by atoms with Crippen molar-refractivity contribution in [3.8, 4) is 6.07 Å². The van der Waals surface area contributed by atoms with Gasteiger partial charge in [-0.3, -0.25) is 0 Å². The van der Waals surface area contributed by atoms with Crippen LogP contribution in [0.4, 0.5) is 4.79 Å². The molecule has 0 aliphatic carbocycles. The molecule has 0 spiro atoms. The first-order chi connectivity index (χ1) is 8.69. The molecule has 2 N–H and O–H groups in total. The van der Waals surface area contributed by atoms with E-state index in [9.17, 15) is 9.59 Å². The van der Waals surface area contributed by atoms with E-state index in [2.05, 4.69) is 11.4 Å². The van der Waals surface area contributed by atoms with E-state index in [0.29, 0.717) is 6.42 Å². The highest BCUT2D eigenvalue weighted by Crippen LogP contribution is 2.15. The van der Waals surface area contributed by atoms with Crippen molar-refractivity contribution in [3.05, 3.63) is 0 Å². The number of carbonyl (C=O) groups excluding carboxylic acids is 1. The van der Waals surface area contributed by atoms with Crippen molar-refractivity contribution in [2.45, 2.75) is 51.0 Å². The molecule has 0 radical (unpaired) electrons. The van der Waals surface area contributed by atoms with Crippen molar-refractivity contribution in [1.29, 1.82) is 5.26 Å². The Morgan fingerprint density at radius 3 is 2.42 bits per heavy atom. The molecule has 2 atom stereocenters. The fourth-order valence-electron chi connectivity index (χ4n) is 1.08. The summed E-state index contributed by atoms with van der Waals surface area (Å²) in [5.74, 6) is -1.02. The van der Waals surface area contributed by atoms with E-state index in [4.69, 9.17) is 15.1 Å². The van der Waals surface area contributed by atoms with Gasteiger partial charge >= 0.3 is 12.1 Å². The number of carboxylic acids is 1. The molecule has 0 aliphatic heterocycles. The number of nitrogens with zero attached hydrogens (tertiary/aromatic N) is 1. The van der Waals surface area contributed by atoms with Crippen LogP contribution in [0.2, 0.25) is 0 Å². The first-order valence-electron chi connectivity index (χ1n) is 5.93. The van der Waals surface area contributed by atoms with Crippen molar-refractivity contribution in [2.24, 2.45) is 0 Å². The molecule has 19 heavy (non-hydrogen) atoms. The van der Waals surface area contributed by atoms with Crippen LogP contribution in [-0.2, 0) is 9.53 Å². The van der Waals surface area contributed by atoms with Crippen LogP contribution in [-0.4, -0.2) is 39.8 Å². The van der Waals surface area contributed by atoms with Gasteiger partial charge in [0.1, 0.15) is 11.6 Å². The van der Waals surface area contributed by atoms with Crippen molar-refractivity contribution >= 4 is 23.8 Å². The Morgan fingerprint density at radius 2 is 2.05 bits per heavy atom. The fraction of sp³-hybridized carbons (Fsp3) is 0.750. The van der Waals surface area contributed by atoms with Crippen molar-refractivity contribution in [2.75, 3.05) is 5.75 Å². The Bertz CT molecular complexity index is 360. The summed E-state index contributed by atoms with van der Waals surface area (Å²) in [6, 6.07) is 0.996. The van der Waals surface area contributed by atoms with E-state index in [1.54, 1.807) is 20.8 Å². The molecule has 0 aromatic heterocycles. The number of carboxylic acid groups (broad SMARTS) is 1. The molecule has 2 unspecified atom stereocenters. The van der Waals surface area contributed by atoms with Crippen LogP contribution in [0, 0.1) is 11.3 Å². The summed E-state index contributed by atoms with van der Waals surface area (Å²) >= 11 is 1.21. The monoisotopic (exact) mass is 288 g/mol. The summed E-state index contributed by atoms with van der Waals surface area (Å²) < 4.78 is 4.99. The van der Waals surface area contributed by atoms with E-state index >= 15 is 0 Å². The van der Waals surface area contributed by atoms with Crippen LogP contribution in [0.15, 0.2) is 0 Å². The average Bonchev–Trinajstić information content (AvgIpc) is 2.25. The number of alkyl carbamates (subject to hydrolysis) is 1. The van der Waals surface area contributed by atoms with Crippen molar-refractivity contribution in [3.63, 3.8) is 0 Å². The number of carbonyl (C=O) groups is 2. The minimum atomic E-state index is -1.15. The van der Waals surface area contributed by atoms with Crippen LogP contribution >= 0.6 is 11.8 Å². The largest absolute Gasteiger partial charge is 0.480 e. The van der Waals surface area contributed by atoms with Gasteiger partial charge in [-0.25, -0.2) is 9.59 Å². The highest BCUT2D eigenvalue weighted by molar-refractivity contribution is 8.00. The average molecular weight is 288 g/mol. The predicted octanol–water partition coefficient (Wildman–Crippen LogP) is 2.00. The van der Waals surface area contributed by atoms with Crippen molar-refractivity contribution < 1.29 is 19.4 Å². The molecule has 0 aromatic rings. The summed E-state index contributed by atoms with van der Waals surface area (Å²) in [7, 11) is 0. The zero-order valence-electron chi connectivity index (χ0n) is 11.6. The standard InChI is InChI=1S/C12H20N2O4S/c1-5-8(6-13)19-7-9(10(15)16)14-11(17)18-12(2,3)4/h8-9H,5,7H2,1-4H3,(H,14,17)(H,15,16). The lowest BCUT2D eigenvalue weighted by atomic mass is 10.2. The number of nitriles is 1. The highest BCUT2D eigenvalue weighted by atomic mass is 32.2. The second kappa shape index (κ2) is 7.89. The number of aliphatic carboxylic acids is 1. The molecule has 0 fully saturated rings. The molecule has 0 aliphatic rings. The van der Waals surface area contributed by atoms with Crippen LogP contribution in [0.5, 0.6) is 0 Å². The second-order valence-corrected chi connectivity index (χ2v) is 6.13. The molecular weight excluding hydrogens is 268 g/mol. The minimum absolute atomic E-state index is 0.126. The number of nitrogens with one attached hydrogen (secondary N) is 1. The molecule has 108 valence electrons. The molecule has 6 nitrogen and oxygen atoms in total. The molecule has 7 heteroatoms. The topological polar surface area (TPSA) is 99.4 Å². The Labute approximate surface area is 117 Å². The number of hydrogen-bond acceptors (Lipinski definition) is 5. The third-order valence-electron chi connectivity index (χ3n) is 1.97. The molecule has 0 saturated heterocycles. The lowest BCUT2D eigenvalue weighted by Gasteiger charge is -2.22. The van der Waals surface area contributed by atoms with Crippen LogP contribution in [0.1, 0.15) is 34.1 Å². The molecule has 0 bridgehead atoms. The van der Waals surface area contributed by atoms with E-state index < -0.39 is 23.7 Å². The minimum Gasteiger partial charge on any atom is -0.480 e. The second-order valence-electron chi connectivity index (χ2n) is 4.90. The maximum absolute atomic E-state index is 11.5. The number of thioether (sulfide) groups is 1. The van der Waals surface area contributed by atoms with Crippen LogP contribution in [0.3, 0.4) is 0 Å². The maximum Gasteiger partial charge on any atom is 0.408 e. The molecule has 0 heterocycles. The van der Waals surface area contributed by atoms with Gasteiger partial charge in [-0.1, -0.05) is 6.92 Å². The predicted molar refractivity (Wildman–Crippen MR) is 72.9 cm³/mol. The van der Waals surface area contributed by atoms with E-state index in [1.165, 1.54) is 11.8 Å². The lowest BCUT2D eigenvalue weighted by molar-refractivity contribution is -0.138. The Hall–Kier alpha value is -1.42. The van der Waals surface area contributed by atoms with Gasteiger partial charge in [0.05, 0.1) is 11.3 Å². The van der Waals surface area contributed by atoms with Gasteiger partial charge in [0.15, 0.2) is 0 Å². The molecule has 0 rings (SSSR count). The van der Waals surface area contributed by atoms with Gasteiger partial charge in [-0.2, -0.15) is 5.26 Å². The van der Waals surface area contributed by atoms with Crippen LogP contribution < -0.4 is 5.32 Å². The Kier molecular flexibility index (Phi) is 7.30. The van der Waals surface area contributed by atoms with Gasteiger partial charge in [-0.15, -0.1) is 11.8 Å². The highest BCUT2D eigenvalue weighted by Gasteiger charge is 2.24. The summed E-state index contributed by atoms with van der Waals surface area (Å²) in [6.07, 6.45) is -0.148. The van der Waals surface area contributed by atoms with Gasteiger partial charge < -0.3 is 15.2 Å². The maximum atomic E-state index is 11.5. The molecule has 1 amide bonds.